The summed E-state index contributed by atoms with van der Waals surface area (Å²) in [5.41, 5.74) is -3.18. The molecule has 8 nitrogen and oxygen atoms in total. The summed E-state index contributed by atoms with van der Waals surface area (Å²) in [5, 5.41) is 12.7. The number of para-hydroxylation sites is 2. The van der Waals surface area contributed by atoms with Gasteiger partial charge in [-0.15, -0.1) is 0 Å². The van der Waals surface area contributed by atoms with Crippen molar-refractivity contribution in [3.05, 3.63) is 42.5 Å². The predicted octanol–water partition coefficient (Wildman–Crippen LogP) is 2.04. The van der Waals surface area contributed by atoms with Gasteiger partial charge in [-0.2, -0.15) is 13.2 Å². The highest BCUT2D eigenvalue weighted by Gasteiger charge is 2.57. The highest BCUT2D eigenvalue weighted by Crippen LogP contribution is 2.40. The molecule has 2 unspecified atom stereocenters. The number of hydrogen-bond acceptors (Lipinski definition) is 5. The SMILES string of the molecule is CN(CC1COc2ccccc2O1)C(=O)NCCC(O)(c1nccn1C)C(F)(F)F. The van der Waals surface area contributed by atoms with E-state index in [4.69, 9.17) is 9.47 Å². The van der Waals surface area contributed by atoms with E-state index in [1.807, 2.05) is 6.07 Å². The number of nitrogens with one attached hydrogen (secondary N) is 1. The Morgan fingerprint density at radius 1 is 1.37 bits per heavy atom. The quantitative estimate of drug-likeness (QED) is 0.735. The molecule has 164 valence electrons. The molecule has 2 N–H and O–H groups in total. The summed E-state index contributed by atoms with van der Waals surface area (Å²) in [6, 6.07) is 6.53. The summed E-state index contributed by atoms with van der Waals surface area (Å²) >= 11 is 0. The lowest BCUT2D eigenvalue weighted by Crippen LogP contribution is -2.49. The first kappa shape index (κ1) is 21.8. The zero-order chi connectivity index (χ0) is 21.9. The number of hydrogen-bond donors (Lipinski definition) is 2. The van der Waals surface area contributed by atoms with Gasteiger partial charge in [0.2, 0.25) is 5.60 Å². The third-order valence-corrected chi connectivity index (χ3v) is 4.81. The van der Waals surface area contributed by atoms with Gasteiger partial charge < -0.3 is 29.4 Å². The third kappa shape index (κ3) is 4.45. The molecule has 1 aliphatic heterocycles. The fraction of sp³-hybridized carbons (Fsp3) is 0.474. The number of fused-ring (bicyclic) bond motifs is 1. The van der Waals surface area contributed by atoms with Crippen LogP contribution in [0.15, 0.2) is 36.7 Å². The molecule has 0 aliphatic carbocycles. The lowest BCUT2D eigenvalue weighted by Gasteiger charge is -2.31. The van der Waals surface area contributed by atoms with Crippen molar-refractivity contribution in [2.24, 2.45) is 7.05 Å². The first-order chi connectivity index (χ1) is 14.1. The van der Waals surface area contributed by atoms with Gasteiger partial charge in [0.05, 0.1) is 6.54 Å². The van der Waals surface area contributed by atoms with Gasteiger partial charge in [0.25, 0.3) is 0 Å². The highest BCUT2D eigenvalue weighted by molar-refractivity contribution is 5.73. The average Bonchev–Trinajstić information content (AvgIpc) is 3.13. The molecule has 1 aromatic carbocycles. The van der Waals surface area contributed by atoms with Crippen LogP contribution in [-0.4, -0.2) is 64.6 Å². The molecule has 0 radical (unpaired) electrons. The molecule has 2 amide bonds. The second-order valence-corrected chi connectivity index (χ2v) is 7.08. The number of carbonyl (C=O) groups is 1. The van der Waals surface area contributed by atoms with Crippen molar-refractivity contribution in [1.29, 1.82) is 0 Å². The van der Waals surface area contributed by atoms with E-state index >= 15 is 0 Å². The number of aliphatic hydroxyl groups is 1. The number of benzene rings is 1. The van der Waals surface area contributed by atoms with Crippen LogP contribution in [0.25, 0.3) is 0 Å². The number of aromatic nitrogens is 2. The van der Waals surface area contributed by atoms with Gasteiger partial charge in [0.1, 0.15) is 12.4 Å². The van der Waals surface area contributed by atoms with Crippen molar-refractivity contribution in [3.8, 4) is 11.5 Å². The van der Waals surface area contributed by atoms with Crippen molar-refractivity contribution in [1.82, 2.24) is 19.8 Å². The number of alkyl halides is 3. The van der Waals surface area contributed by atoms with E-state index < -0.39 is 42.7 Å². The van der Waals surface area contributed by atoms with E-state index in [2.05, 4.69) is 10.3 Å². The first-order valence-corrected chi connectivity index (χ1v) is 9.26. The van der Waals surface area contributed by atoms with Gasteiger partial charge in [-0.05, 0) is 12.1 Å². The van der Waals surface area contributed by atoms with Gasteiger partial charge in [-0.25, -0.2) is 9.78 Å². The molecule has 30 heavy (non-hydrogen) atoms. The third-order valence-electron chi connectivity index (χ3n) is 4.81. The topological polar surface area (TPSA) is 88.8 Å². The van der Waals surface area contributed by atoms with Crippen LogP contribution in [0.5, 0.6) is 11.5 Å². The molecular weight excluding hydrogens is 405 g/mol. The van der Waals surface area contributed by atoms with E-state index in [-0.39, 0.29) is 13.2 Å². The first-order valence-electron chi connectivity index (χ1n) is 9.26. The number of aryl methyl sites for hydroxylation is 1. The van der Waals surface area contributed by atoms with Crippen LogP contribution >= 0.6 is 0 Å². The maximum Gasteiger partial charge on any atom is 0.424 e. The Morgan fingerprint density at radius 2 is 2.07 bits per heavy atom. The summed E-state index contributed by atoms with van der Waals surface area (Å²) in [4.78, 5) is 17.2. The van der Waals surface area contributed by atoms with Gasteiger partial charge in [-0.1, -0.05) is 12.1 Å². The molecule has 0 spiro atoms. The number of amides is 2. The Hall–Kier alpha value is -2.95. The lowest BCUT2D eigenvalue weighted by atomic mass is 9.97. The van der Waals surface area contributed by atoms with E-state index in [1.54, 1.807) is 18.2 Å². The minimum absolute atomic E-state index is 0.170. The second kappa shape index (κ2) is 8.42. The van der Waals surface area contributed by atoms with E-state index in [1.165, 1.54) is 31.4 Å². The van der Waals surface area contributed by atoms with Gasteiger partial charge in [-0.3, -0.25) is 0 Å². The monoisotopic (exact) mass is 428 g/mol. The second-order valence-electron chi connectivity index (χ2n) is 7.08. The van der Waals surface area contributed by atoms with Crippen LogP contribution in [0, 0.1) is 0 Å². The zero-order valence-electron chi connectivity index (χ0n) is 16.5. The van der Waals surface area contributed by atoms with Crippen molar-refractivity contribution in [2.75, 3.05) is 26.7 Å². The number of nitrogens with zero attached hydrogens (tertiary/aromatic N) is 3. The maximum absolute atomic E-state index is 13.5. The number of halogens is 3. The molecule has 2 aromatic rings. The van der Waals surface area contributed by atoms with Crippen LogP contribution in [0.2, 0.25) is 0 Å². The minimum Gasteiger partial charge on any atom is -0.486 e. The van der Waals surface area contributed by atoms with Gasteiger partial charge in [0.15, 0.2) is 17.6 Å². The Labute approximate surface area is 171 Å². The van der Waals surface area contributed by atoms with Gasteiger partial charge in [0, 0.05) is 39.5 Å². The van der Waals surface area contributed by atoms with Crippen LogP contribution in [0.1, 0.15) is 12.2 Å². The number of rotatable bonds is 6. The predicted molar refractivity (Wildman–Crippen MR) is 100 cm³/mol. The number of likely N-dealkylation sites (N-methyl/N-ethyl adjacent to an activating group) is 1. The summed E-state index contributed by atoms with van der Waals surface area (Å²) in [6.45, 7) is 0.00158. The molecule has 0 saturated heterocycles. The Balaban J connectivity index is 1.54. The molecular formula is C19H23F3N4O4. The zero-order valence-corrected chi connectivity index (χ0v) is 16.5. The van der Waals surface area contributed by atoms with Crippen molar-refractivity contribution in [3.63, 3.8) is 0 Å². The van der Waals surface area contributed by atoms with Crippen molar-refractivity contribution in [2.45, 2.75) is 24.3 Å². The van der Waals surface area contributed by atoms with Crippen molar-refractivity contribution >= 4 is 6.03 Å². The molecule has 2 atom stereocenters. The number of imidazole rings is 1. The largest absolute Gasteiger partial charge is 0.486 e. The molecule has 1 aromatic heterocycles. The molecule has 1 aliphatic rings. The number of urea groups is 1. The molecule has 3 rings (SSSR count). The number of carbonyl (C=O) groups excluding carboxylic acids is 1. The fourth-order valence-corrected chi connectivity index (χ4v) is 3.17. The minimum atomic E-state index is -4.95. The standard InChI is InChI=1S/C19H23F3N4O4/c1-25-10-9-23-16(25)18(28,19(20,21)22)7-8-24-17(27)26(2)11-13-12-29-14-5-3-4-6-15(14)30-13/h3-6,9-10,13,28H,7-8,11-12H2,1-2H3,(H,24,27). The smallest absolute Gasteiger partial charge is 0.424 e. The Morgan fingerprint density at radius 3 is 2.70 bits per heavy atom. The van der Waals surface area contributed by atoms with Gasteiger partial charge >= 0.3 is 12.2 Å². The van der Waals surface area contributed by atoms with E-state index in [0.29, 0.717) is 11.5 Å². The average molecular weight is 428 g/mol. The molecule has 2 heterocycles. The highest BCUT2D eigenvalue weighted by atomic mass is 19.4. The molecule has 0 fully saturated rings. The molecule has 11 heteroatoms. The summed E-state index contributed by atoms with van der Waals surface area (Å²) < 4.78 is 53.0. The summed E-state index contributed by atoms with van der Waals surface area (Å²) in [5.74, 6) is 0.637. The lowest BCUT2D eigenvalue weighted by molar-refractivity contribution is -0.272. The Kier molecular flexibility index (Phi) is 6.11. The van der Waals surface area contributed by atoms with E-state index in [9.17, 15) is 23.1 Å². The molecule has 0 bridgehead atoms. The summed E-state index contributed by atoms with van der Waals surface area (Å²) in [7, 11) is 2.85. The number of ether oxygens (including phenoxy) is 2. The fourth-order valence-electron chi connectivity index (χ4n) is 3.17. The van der Waals surface area contributed by atoms with Crippen LogP contribution in [0.4, 0.5) is 18.0 Å². The maximum atomic E-state index is 13.5. The normalized spacial score (nSPS) is 17.9. The van der Waals surface area contributed by atoms with Crippen LogP contribution in [0.3, 0.4) is 0 Å². The van der Waals surface area contributed by atoms with Crippen LogP contribution in [-0.2, 0) is 12.6 Å². The Bertz CT molecular complexity index is 889. The van der Waals surface area contributed by atoms with Crippen LogP contribution < -0.4 is 14.8 Å². The summed E-state index contributed by atoms with van der Waals surface area (Å²) in [6.07, 6.45) is -3.68. The van der Waals surface area contributed by atoms with E-state index in [0.717, 1.165) is 4.57 Å². The van der Waals surface area contributed by atoms with Crippen molar-refractivity contribution < 1.29 is 32.5 Å². The molecule has 0 saturated carbocycles.